The Morgan fingerprint density at radius 1 is 1.39 bits per heavy atom. The van der Waals surface area contributed by atoms with Gasteiger partial charge in [-0.25, -0.2) is 9.59 Å². The van der Waals surface area contributed by atoms with Crippen molar-refractivity contribution in [2.75, 3.05) is 6.54 Å². The summed E-state index contributed by atoms with van der Waals surface area (Å²) in [6.45, 7) is 8.74. The molecule has 0 bridgehead atoms. The fourth-order valence-corrected chi connectivity index (χ4v) is 2.55. The van der Waals surface area contributed by atoms with Gasteiger partial charge in [0.25, 0.3) is 0 Å². The third-order valence-corrected chi connectivity index (χ3v) is 3.86. The summed E-state index contributed by atoms with van der Waals surface area (Å²) in [4.78, 5) is 24.8. The standard InChI is InChI=1S/C13H24N2O3/c1-5-11(12(16)17)14-13(18)15-7-8(2)6-9(3)10(15)4/h8-11H,5-7H2,1-4H3,(H,14,18)(H,16,17)/t8?,9?,10?,11-/m0/s1. The van der Waals surface area contributed by atoms with Gasteiger partial charge in [0, 0.05) is 12.6 Å². The summed E-state index contributed by atoms with van der Waals surface area (Å²) in [5.41, 5.74) is 0. The first kappa shape index (κ1) is 14.8. The molecule has 1 aliphatic rings. The number of carboxylic acids is 1. The second-order valence-corrected chi connectivity index (χ2v) is 5.46. The Morgan fingerprint density at radius 3 is 2.50 bits per heavy atom. The average molecular weight is 256 g/mol. The summed E-state index contributed by atoms with van der Waals surface area (Å²) in [5.74, 6) is -0.0622. The Bertz CT molecular complexity index is 319. The van der Waals surface area contributed by atoms with E-state index in [1.165, 1.54) is 0 Å². The van der Waals surface area contributed by atoms with Crippen molar-refractivity contribution >= 4 is 12.0 Å². The Labute approximate surface area is 109 Å². The molecule has 5 heteroatoms. The van der Waals surface area contributed by atoms with Gasteiger partial charge in [0.15, 0.2) is 0 Å². The number of carboxylic acid groups (broad SMARTS) is 1. The highest BCUT2D eigenvalue weighted by Crippen LogP contribution is 2.26. The minimum Gasteiger partial charge on any atom is -0.480 e. The highest BCUT2D eigenvalue weighted by Gasteiger charge is 2.33. The number of hydrogen-bond acceptors (Lipinski definition) is 2. The summed E-state index contributed by atoms with van der Waals surface area (Å²) in [6.07, 6.45) is 1.51. The molecule has 3 unspecified atom stereocenters. The molecule has 1 aliphatic heterocycles. The molecule has 1 fully saturated rings. The van der Waals surface area contributed by atoms with Gasteiger partial charge in [-0.1, -0.05) is 20.8 Å². The van der Waals surface area contributed by atoms with Gasteiger partial charge in [-0.3, -0.25) is 0 Å². The Morgan fingerprint density at radius 2 is 2.00 bits per heavy atom. The van der Waals surface area contributed by atoms with Crippen molar-refractivity contribution in [3.05, 3.63) is 0 Å². The number of nitrogens with zero attached hydrogens (tertiary/aromatic N) is 1. The second kappa shape index (κ2) is 6.07. The van der Waals surface area contributed by atoms with E-state index < -0.39 is 12.0 Å². The number of aliphatic carboxylic acids is 1. The first-order valence-corrected chi connectivity index (χ1v) is 6.66. The molecule has 104 valence electrons. The molecule has 2 N–H and O–H groups in total. The molecule has 2 amide bonds. The molecular weight excluding hydrogens is 232 g/mol. The van der Waals surface area contributed by atoms with Crippen molar-refractivity contribution in [1.82, 2.24) is 10.2 Å². The van der Waals surface area contributed by atoms with Crippen molar-refractivity contribution in [2.45, 2.75) is 52.6 Å². The zero-order valence-corrected chi connectivity index (χ0v) is 11.6. The fraction of sp³-hybridized carbons (Fsp3) is 0.846. The van der Waals surface area contributed by atoms with E-state index in [4.69, 9.17) is 5.11 Å². The number of carbonyl (C=O) groups excluding carboxylic acids is 1. The molecule has 5 nitrogen and oxygen atoms in total. The first-order chi connectivity index (χ1) is 8.36. The molecule has 0 aromatic heterocycles. The van der Waals surface area contributed by atoms with E-state index >= 15 is 0 Å². The van der Waals surface area contributed by atoms with Crippen LogP contribution >= 0.6 is 0 Å². The van der Waals surface area contributed by atoms with E-state index in [1.54, 1.807) is 11.8 Å². The molecule has 0 spiro atoms. The zero-order chi connectivity index (χ0) is 13.9. The molecular formula is C13H24N2O3. The van der Waals surface area contributed by atoms with Crippen LogP contribution in [0.2, 0.25) is 0 Å². The second-order valence-electron chi connectivity index (χ2n) is 5.46. The minimum atomic E-state index is -0.975. The van der Waals surface area contributed by atoms with E-state index in [1.807, 2.05) is 6.92 Å². The lowest BCUT2D eigenvalue weighted by Gasteiger charge is -2.41. The maximum Gasteiger partial charge on any atom is 0.326 e. The van der Waals surface area contributed by atoms with Gasteiger partial charge in [-0.2, -0.15) is 0 Å². The third-order valence-electron chi connectivity index (χ3n) is 3.86. The molecule has 1 saturated heterocycles. The lowest BCUT2D eigenvalue weighted by molar-refractivity contribution is -0.139. The van der Waals surface area contributed by atoms with Crippen LogP contribution in [0.3, 0.4) is 0 Å². The van der Waals surface area contributed by atoms with E-state index in [0.29, 0.717) is 24.8 Å². The average Bonchev–Trinajstić information content (AvgIpc) is 2.29. The Hall–Kier alpha value is -1.26. The van der Waals surface area contributed by atoms with Crippen LogP contribution in [-0.2, 0) is 4.79 Å². The molecule has 0 aromatic rings. The number of amides is 2. The number of piperidine rings is 1. The predicted molar refractivity (Wildman–Crippen MR) is 69.4 cm³/mol. The monoisotopic (exact) mass is 256 g/mol. The number of likely N-dealkylation sites (tertiary alicyclic amines) is 1. The summed E-state index contributed by atoms with van der Waals surface area (Å²) in [5, 5.41) is 11.6. The topological polar surface area (TPSA) is 69.6 Å². The van der Waals surface area contributed by atoms with Gasteiger partial charge in [-0.05, 0) is 31.6 Å². The smallest absolute Gasteiger partial charge is 0.326 e. The highest BCUT2D eigenvalue weighted by atomic mass is 16.4. The van der Waals surface area contributed by atoms with Crippen LogP contribution in [0.25, 0.3) is 0 Å². The van der Waals surface area contributed by atoms with E-state index in [0.717, 1.165) is 6.42 Å². The van der Waals surface area contributed by atoms with Crippen molar-refractivity contribution in [3.8, 4) is 0 Å². The van der Waals surface area contributed by atoms with Crippen LogP contribution in [0.4, 0.5) is 4.79 Å². The van der Waals surface area contributed by atoms with Gasteiger partial charge in [0.2, 0.25) is 0 Å². The van der Waals surface area contributed by atoms with Gasteiger partial charge < -0.3 is 15.3 Å². The van der Waals surface area contributed by atoms with Crippen molar-refractivity contribution in [1.29, 1.82) is 0 Å². The van der Waals surface area contributed by atoms with Gasteiger partial charge in [0.05, 0.1) is 0 Å². The van der Waals surface area contributed by atoms with Crippen molar-refractivity contribution in [2.24, 2.45) is 11.8 Å². The molecule has 0 aliphatic carbocycles. The zero-order valence-electron chi connectivity index (χ0n) is 11.6. The molecule has 4 atom stereocenters. The molecule has 1 heterocycles. The molecule has 0 radical (unpaired) electrons. The number of rotatable bonds is 3. The lowest BCUT2D eigenvalue weighted by atomic mass is 9.86. The SMILES string of the molecule is CC[C@H](NC(=O)N1CC(C)CC(C)C1C)C(=O)O. The third kappa shape index (κ3) is 3.37. The summed E-state index contributed by atoms with van der Waals surface area (Å²) >= 11 is 0. The number of nitrogens with one attached hydrogen (secondary N) is 1. The van der Waals surface area contributed by atoms with Crippen LogP contribution in [0.5, 0.6) is 0 Å². The predicted octanol–water partition coefficient (Wildman–Crippen LogP) is 1.93. The van der Waals surface area contributed by atoms with Crippen LogP contribution < -0.4 is 5.32 Å². The first-order valence-electron chi connectivity index (χ1n) is 6.66. The van der Waals surface area contributed by atoms with E-state index in [9.17, 15) is 9.59 Å². The summed E-state index contributed by atoms with van der Waals surface area (Å²) in [6, 6.07) is -0.889. The van der Waals surface area contributed by atoms with Crippen molar-refractivity contribution in [3.63, 3.8) is 0 Å². The van der Waals surface area contributed by atoms with Gasteiger partial charge >= 0.3 is 12.0 Å². The molecule has 1 rings (SSSR count). The Balaban J connectivity index is 2.67. The Kier molecular flexibility index (Phi) is 4.99. The largest absolute Gasteiger partial charge is 0.480 e. The number of carbonyl (C=O) groups is 2. The summed E-state index contributed by atoms with van der Waals surface area (Å²) in [7, 11) is 0. The maximum absolute atomic E-state index is 12.1. The quantitative estimate of drug-likeness (QED) is 0.810. The van der Waals surface area contributed by atoms with Crippen molar-refractivity contribution < 1.29 is 14.7 Å². The number of urea groups is 1. The van der Waals surface area contributed by atoms with Crippen LogP contribution in [0.15, 0.2) is 0 Å². The molecule has 0 aromatic carbocycles. The van der Waals surface area contributed by atoms with Crippen LogP contribution in [0, 0.1) is 11.8 Å². The highest BCUT2D eigenvalue weighted by molar-refractivity contribution is 5.82. The van der Waals surface area contributed by atoms with Crippen LogP contribution in [-0.4, -0.2) is 40.6 Å². The van der Waals surface area contributed by atoms with Gasteiger partial charge in [-0.15, -0.1) is 0 Å². The number of hydrogen-bond donors (Lipinski definition) is 2. The molecule has 18 heavy (non-hydrogen) atoms. The minimum absolute atomic E-state index is 0.160. The van der Waals surface area contributed by atoms with Gasteiger partial charge in [0.1, 0.15) is 6.04 Å². The maximum atomic E-state index is 12.1. The normalized spacial score (nSPS) is 29.8. The lowest BCUT2D eigenvalue weighted by Crippen LogP contribution is -2.55. The fourth-order valence-electron chi connectivity index (χ4n) is 2.55. The molecule has 0 saturated carbocycles. The summed E-state index contributed by atoms with van der Waals surface area (Å²) < 4.78 is 0. The van der Waals surface area contributed by atoms with Crippen LogP contribution in [0.1, 0.15) is 40.5 Å². The van der Waals surface area contributed by atoms with E-state index in [2.05, 4.69) is 19.2 Å². The van der Waals surface area contributed by atoms with E-state index in [-0.39, 0.29) is 12.1 Å².